The minimum absolute atomic E-state index is 0.0475. The third kappa shape index (κ3) is 4.76. The van der Waals surface area contributed by atoms with Crippen LogP contribution in [0.3, 0.4) is 0 Å². The highest BCUT2D eigenvalue weighted by atomic mass is 16.6. The van der Waals surface area contributed by atoms with Crippen molar-refractivity contribution in [2.24, 2.45) is 0 Å². The van der Waals surface area contributed by atoms with E-state index in [9.17, 15) is 19.2 Å². The topological polar surface area (TPSA) is 115 Å². The summed E-state index contributed by atoms with van der Waals surface area (Å²) in [4.78, 5) is 48.3. The van der Waals surface area contributed by atoms with Crippen LogP contribution in [0.15, 0.2) is 39.5 Å². The van der Waals surface area contributed by atoms with E-state index in [0.29, 0.717) is 5.39 Å². The summed E-state index contributed by atoms with van der Waals surface area (Å²) in [5, 5.41) is 5.25. The molecular weight excluding hydrogens is 364 g/mol. The minimum Gasteiger partial charge on any atom is -0.449 e. The number of carbonyl (C=O) groups is 3. The summed E-state index contributed by atoms with van der Waals surface area (Å²) in [6, 6.07) is 6.94. The molecule has 1 fully saturated rings. The van der Waals surface area contributed by atoms with E-state index in [-0.39, 0.29) is 17.4 Å². The average molecular weight is 386 g/mol. The van der Waals surface area contributed by atoms with Gasteiger partial charge in [-0.05, 0) is 31.9 Å². The molecule has 0 aliphatic heterocycles. The fourth-order valence-corrected chi connectivity index (χ4v) is 3.16. The van der Waals surface area contributed by atoms with E-state index in [1.165, 1.54) is 6.92 Å². The lowest BCUT2D eigenvalue weighted by Crippen LogP contribution is -2.48. The number of para-hydroxylation sites is 1. The highest BCUT2D eigenvalue weighted by molar-refractivity contribution is 5.98. The van der Waals surface area contributed by atoms with Crippen molar-refractivity contribution in [1.29, 1.82) is 0 Å². The van der Waals surface area contributed by atoms with Gasteiger partial charge in [0.25, 0.3) is 5.91 Å². The number of rotatable bonds is 4. The first-order chi connectivity index (χ1) is 13.4. The third-order valence-electron chi connectivity index (χ3n) is 4.67. The maximum Gasteiger partial charge on any atom is 0.375 e. The van der Waals surface area contributed by atoms with Crippen LogP contribution in [0.2, 0.25) is 0 Å². The van der Waals surface area contributed by atoms with Crippen LogP contribution in [0, 0.1) is 0 Å². The highest BCUT2D eigenvalue weighted by Gasteiger charge is 2.24. The van der Waals surface area contributed by atoms with Crippen molar-refractivity contribution >= 4 is 28.9 Å². The van der Waals surface area contributed by atoms with Gasteiger partial charge in [-0.25, -0.2) is 9.59 Å². The summed E-state index contributed by atoms with van der Waals surface area (Å²) >= 11 is 0. The van der Waals surface area contributed by atoms with Crippen molar-refractivity contribution in [2.45, 2.75) is 51.2 Å². The number of hydrogen-bond acceptors (Lipinski definition) is 6. The van der Waals surface area contributed by atoms with Crippen molar-refractivity contribution in [3.8, 4) is 0 Å². The molecule has 3 amide bonds. The Balaban J connectivity index is 1.58. The van der Waals surface area contributed by atoms with E-state index >= 15 is 0 Å². The number of fused-ring (bicyclic) bond motifs is 1. The predicted molar refractivity (Wildman–Crippen MR) is 101 cm³/mol. The van der Waals surface area contributed by atoms with E-state index in [2.05, 4.69) is 10.6 Å². The summed E-state index contributed by atoms with van der Waals surface area (Å²) in [6.07, 6.45) is 3.77. The number of amides is 3. The third-order valence-corrected chi connectivity index (χ3v) is 4.67. The summed E-state index contributed by atoms with van der Waals surface area (Å²) < 4.78 is 10.4. The summed E-state index contributed by atoms with van der Waals surface area (Å²) in [7, 11) is 0. The van der Waals surface area contributed by atoms with E-state index in [1.807, 2.05) is 0 Å². The van der Waals surface area contributed by atoms with Gasteiger partial charge in [0.15, 0.2) is 11.5 Å². The first-order valence-corrected chi connectivity index (χ1v) is 9.29. The SMILES string of the molecule is C[C@@H](OC(=O)c1cc(=O)c2ccccc2o1)C(=O)NC(=O)NC1CCCCC1. The molecular formula is C20H22N2O6. The molecule has 0 radical (unpaired) electrons. The quantitative estimate of drug-likeness (QED) is 0.780. The number of carbonyl (C=O) groups excluding carboxylic acids is 3. The number of esters is 1. The van der Waals surface area contributed by atoms with Crippen LogP contribution in [-0.2, 0) is 9.53 Å². The highest BCUT2D eigenvalue weighted by Crippen LogP contribution is 2.17. The van der Waals surface area contributed by atoms with Crippen LogP contribution < -0.4 is 16.1 Å². The van der Waals surface area contributed by atoms with Gasteiger partial charge in [0.1, 0.15) is 5.58 Å². The smallest absolute Gasteiger partial charge is 0.375 e. The number of urea groups is 1. The lowest BCUT2D eigenvalue weighted by molar-refractivity contribution is -0.128. The van der Waals surface area contributed by atoms with Gasteiger partial charge in [0.05, 0.1) is 5.39 Å². The van der Waals surface area contributed by atoms with Gasteiger partial charge in [-0.15, -0.1) is 0 Å². The zero-order valence-electron chi connectivity index (χ0n) is 15.5. The zero-order chi connectivity index (χ0) is 20.1. The zero-order valence-corrected chi connectivity index (χ0v) is 15.5. The Kier molecular flexibility index (Phi) is 6.08. The average Bonchev–Trinajstić information content (AvgIpc) is 2.68. The Labute approximate surface area is 161 Å². The van der Waals surface area contributed by atoms with Gasteiger partial charge < -0.3 is 14.5 Å². The number of imide groups is 1. The first kappa shape index (κ1) is 19.6. The van der Waals surface area contributed by atoms with E-state index in [4.69, 9.17) is 9.15 Å². The van der Waals surface area contributed by atoms with Gasteiger partial charge in [-0.2, -0.15) is 0 Å². The van der Waals surface area contributed by atoms with E-state index < -0.39 is 29.4 Å². The standard InChI is InChI=1S/C20H22N2O6/c1-12(18(24)22-20(26)21-13-7-3-2-4-8-13)27-19(25)17-11-15(23)14-9-5-6-10-16(14)28-17/h5-6,9-13H,2-4,7-8H2,1H3,(H2,21,22,24,26)/t12-/m1/s1. The second-order valence-corrected chi connectivity index (χ2v) is 6.82. The van der Waals surface area contributed by atoms with Crippen molar-refractivity contribution in [3.63, 3.8) is 0 Å². The molecule has 3 rings (SSSR count). The fraction of sp³-hybridized carbons (Fsp3) is 0.400. The molecule has 2 N–H and O–H groups in total. The molecule has 1 heterocycles. The van der Waals surface area contributed by atoms with Crippen molar-refractivity contribution in [2.75, 3.05) is 0 Å². The summed E-state index contributed by atoms with van der Waals surface area (Å²) in [5.74, 6) is -2.03. The van der Waals surface area contributed by atoms with Crippen LogP contribution in [0.4, 0.5) is 4.79 Å². The molecule has 1 saturated carbocycles. The van der Waals surface area contributed by atoms with Gasteiger partial charge in [0.2, 0.25) is 5.76 Å². The molecule has 1 aromatic heterocycles. The van der Waals surface area contributed by atoms with Gasteiger partial charge >= 0.3 is 12.0 Å². The Morgan fingerprint density at radius 1 is 1.14 bits per heavy atom. The largest absolute Gasteiger partial charge is 0.449 e. The maximum absolute atomic E-state index is 12.2. The van der Waals surface area contributed by atoms with E-state index in [0.717, 1.165) is 38.2 Å². The van der Waals surface area contributed by atoms with Crippen LogP contribution in [0.5, 0.6) is 0 Å². The van der Waals surface area contributed by atoms with E-state index in [1.54, 1.807) is 24.3 Å². The molecule has 148 valence electrons. The Hall–Kier alpha value is -3.16. The second-order valence-electron chi connectivity index (χ2n) is 6.82. The first-order valence-electron chi connectivity index (χ1n) is 9.29. The summed E-state index contributed by atoms with van der Waals surface area (Å²) in [5.41, 5.74) is -0.149. The second kappa shape index (κ2) is 8.69. The van der Waals surface area contributed by atoms with Crippen molar-refractivity contribution in [1.82, 2.24) is 10.6 Å². The maximum atomic E-state index is 12.2. The molecule has 2 aromatic rings. The predicted octanol–water partition coefficient (Wildman–Crippen LogP) is 2.50. The van der Waals surface area contributed by atoms with Crippen molar-refractivity contribution in [3.05, 3.63) is 46.3 Å². The van der Waals surface area contributed by atoms with Gasteiger partial charge in [0, 0.05) is 12.1 Å². The van der Waals surface area contributed by atoms with Crippen LogP contribution in [0.1, 0.15) is 49.6 Å². The molecule has 8 nitrogen and oxygen atoms in total. The molecule has 28 heavy (non-hydrogen) atoms. The molecule has 0 bridgehead atoms. The molecule has 8 heteroatoms. The molecule has 1 atom stereocenters. The number of benzene rings is 1. The normalized spacial score (nSPS) is 15.6. The number of ether oxygens (including phenoxy) is 1. The number of hydrogen-bond donors (Lipinski definition) is 2. The van der Waals surface area contributed by atoms with Crippen LogP contribution >= 0.6 is 0 Å². The molecule has 0 saturated heterocycles. The van der Waals surface area contributed by atoms with Crippen LogP contribution in [-0.4, -0.2) is 30.1 Å². The van der Waals surface area contributed by atoms with Gasteiger partial charge in [-0.1, -0.05) is 31.4 Å². The summed E-state index contributed by atoms with van der Waals surface area (Å²) in [6.45, 7) is 1.33. The lowest BCUT2D eigenvalue weighted by Gasteiger charge is -2.23. The fourth-order valence-electron chi connectivity index (χ4n) is 3.16. The monoisotopic (exact) mass is 386 g/mol. The van der Waals surface area contributed by atoms with Gasteiger partial charge in [-0.3, -0.25) is 14.9 Å². The lowest BCUT2D eigenvalue weighted by atomic mass is 9.96. The molecule has 0 unspecified atom stereocenters. The molecule has 0 spiro atoms. The number of nitrogens with one attached hydrogen (secondary N) is 2. The molecule has 1 aliphatic rings. The molecule has 1 aromatic carbocycles. The Bertz CT molecular complexity index is 945. The van der Waals surface area contributed by atoms with Crippen molar-refractivity contribution < 1.29 is 23.5 Å². The Morgan fingerprint density at radius 3 is 2.61 bits per heavy atom. The minimum atomic E-state index is -1.23. The molecule has 1 aliphatic carbocycles. The Morgan fingerprint density at radius 2 is 1.86 bits per heavy atom. The van der Waals surface area contributed by atoms with Crippen LogP contribution in [0.25, 0.3) is 11.0 Å².